The van der Waals surface area contributed by atoms with E-state index in [-0.39, 0.29) is 11.4 Å². The lowest BCUT2D eigenvalue weighted by molar-refractivity contribution is 0.628. The van der Waals surface area contributed by atoms with Crippen LogP contribution in [0.3, 0.4) is 0 Å². The molecule has 5 heteroatoms. The van der Waals surface area contributed by atoms with Gasteiger partial charge in [0.15, 0.2) is 0 Å². The van der Waals surface area contributed by atoms with Crippen LogP contribution < -0.4 is 0 Å². The minimum atomic E-state index is -0.153. The van der Waals surface area contributed by atoms with Gasteiger partial charge in [0.05, 0.1) is 22.5 Å². The Bertz CT molecular complexity index is 789. The van der Waals surface area contributed by atoms with Crippen LogP contribution >= 0.6 is 34.5 Å². The van der Waals surface area contributed by atoms with Crippen LogP contribution in [0, 0.1) is 6.92 Å². The third-order valence-electron chi connectivity index (χ3n) is 3.59. The molecular weight excluding hydrogens is 323 g/mol. The van der Waals surface area contributed by atoms with E-state index in [9.17, 15) is 0 Å². The predicted molar refractivity (Wildman–Crippen MR) is 91.9 cm³/mol. The van der Waals surface area contributed by atoms with Crippen molar-refractivity contribution in [1.29, 1.82) is 0 Å². The number of hydrogen-bond acceptors (Lipinski definition) is 2. The van der Waals surface area contributed by atoms with Gasteiger partial charge in [-0.2, -0.15) is 0 Å². The zero-order valence-electron chi connectivity index (χ0n) is 12.1. The van der Waals surface area contributed by atoms with Gasteiger partial charge < -0.3 is 4.57 Å². The van der Waals surface area contributed by atoms with Gasteiger partial charge >= 0.3 is 0 Å². The molecule has 0 aliphatic rings. The van der Waals surface area contributed by atoms with Crippen LogP contribution in [0.1, 0.15) is 40.8 Å². The van der Waals surface area contributed by atoms with E-state index in [0.29, 0.717) is 5.02 Å². The minimum absolute atomic E-state index is 0.153. The highest BCUT2D eigenvalue weighted by Gasteiger charge is 2.21. The molecule has 0 spiro atoms. The molecule has 3 aromatic rings. The van der Waals surface area contributed by atoms with E-state index in [1.807, 2.05) is 36.5 Å². The molecule has 0 N–H and O–H groups in total. The Morgan fingerprint density at radius 2 is 1.95 bits per heavy atom. The molecule has 0 saturated heterocycles. The average molecular weight is 339 g/mol. The molecule has 0 fully saturated rings. The minimum Gasteiger partial charge on any atom is -0.319 e. The lowest BCUT2D eigenvalue weighted by Crippen LogP contribution is -2.10. The van der Waals surface area contributed by atoms with Crippen LogP contribution in [0.4, 0.5) is 0 Å². The molecule has 2 aromatic heterocycles. The normalized spacial score (nSPS) is 14.5. The number of fused-ring (bicyclic) bond motifs is 1. The molecule has 0 aliphatic heterocycles. The Kier molecular flexibility index (Phi) is 4.00. The Morgan fingerprint density at radius 1 is 1.19 bits per heavy atom. The summed E-state index contributed by atoms with van der Waals surface area (Å²) in [6.45, 7) is 6.26. The fourth-order valence-corrected chi connectivity index (χ4v) is 3.82. The molecule has 3 rings (SSSR count). The topological polar surface area (TPSA) is 17.8 Å². The molecule has 2 heterocycles. The fraction of sp³-hybridized carbons (Fsp3) is 0.312. The molecule has 110 valence electrons. The van der Waals surface area contributed by atoms with Gasteiger partial charge in [-0.05, 0) is 51.1 Å². The van der Waals surface area contributed by atoms with Gasteiger partial charge in [-0.25, -0.2) is 4.98 Å². The van der Waals surface area contributed by atoms with Crippen LogP contribution in [0.2, 0.25) is 5.02 Å². The predicted octanol–water partition coefficient (Wildman–Crippen LogP) is 5.97. The summed E-state index contributed by atoms with van der Waals surface area (Å²) in [5.74, 6) is 0.882. The van der Waals surface area contributed by atoms with Gasteiger partial charge in [0.2, 0.25) is 0 Å². The van der Waals surface area contributed by atoms with Crippen LogP contribution in [0.15, 0.2) is 30.3 Å². The summed E-state index contributed by atoms with van der Waals surface area (Å²) in [7, 11) is 0. The maximum absolute atomic E-state index is 6.34. The molecule has 0 bridgehead atoms. The van der Waals surface area contributed by atoms with Gasteiger partial charge in [-0.15, -0.1) is 22.9 Å². The summed E-state index contributed by atoms with van der Waals surface area (Å²) in [5, 5.41) is 0.542. The van der Waals surface area contributed by atoms with Crippen molar-refractivity contribution in [1.82, 2.24) is 9.55 Å². The van der Waals surface area contributed by atoms with Crippen LogP contribution in [0.25, 0.3) is 11.0 Å². The zero-order chi connectivity index (χ0) is 15.1. The van der Waals surface area contributed by atoms with Crippen molar-refractivity contribution in [3.05, 3.63) is 50.9 Å². The van der Waals surface area contributed by atoms with E-state index in [0.717, 1.165) is 16.9 Å². The second kappa shape index (κ2) is 5.64. The first-order chi connectivity index (χ1) is 9.97. The van der Waals surface area contributed by atoms with E-state index in [1.54, 1.807) is 0 Å². The Hall–Kier alpha value is -1.03. The summed E-state index contributed by atoms with van der Waals surface area (Å²) in [6, 6.07) is 10.3. The summed E-state index contributed by atoms with van der Waals surface area (Å²) >= 11 is 14.2. The van der Waals surface area contributed by atoms with E-state index in [2.05, 4.69) is 35.5 Å². The molecule has 2 atom stereocenters. The molecule has 2 nitrogen and oxygen atoms in total. The van der Waals surface area contributed by atoms with Crippen LogP contribution in [0.5, 0.6) is 0 Å². The summed E-state index contributed by atoms with van der Waals surface area (Å²) in [4.78, 5) is 7.29. The number of benzene rings is 1. The first-order valence-electron chi connectivity index (χ1n) is 6.85. The highest BCUT2D eigenvalue weighted by Crippen LogP contribution is 2.34. The van der Waals surface area contributed by atoms with Gasteiger partial charge in [-0.3, -0.25) is 0 Å². The second-order valence-corrected chi connectivity index (χ2v) is 7.62. The Labute approximate surface area is 138 Å². The number of halogens is 2. The molecule has 21 heavy (non-hydrogen) atoms. The van der Waals surface area contributed by atoms with E-state index in [4.69, 9.17) is 23.2 Å². The van der Waals surface area contributed by atoms with E-state index < -0.39 is 0 Å². The van der Waals surface area contributed by atoms with Gasteiger partial charge in [0.25, 0.3) is 0 Å². The van der Waals surface area contributed by atoms with Crippen molar-refractivity contribution in [2.24, 2.45) is 0 Å². The molecule has 2 unspecified atom stereocenters. The highest BCUT2D eigenvalue weighted by molar-refractivity contribution is 7.12. The third kappa shape index (κ3) is 2.70. The molecule has 0 aliphatic carbocycles. The maximum atomic E-state index is 6.34. The van der Waals surface area contributed by atoms with Gasteiger partial charge in [0.1, 0.15) is 5.82 Å². The van der Waals surface area contributed by atoms with Gasteiger partial charge in [-0.1, -0.05) is 11.6 Å². The first kappa shape index (κ1) is 14.9. The van der Waals surface area contributed by atoms with Crippen molar-refractivity contribution < 1.29 is 0 Å². The van der Waals surface area contributed by atoms with Crippen molar-refractivity contribution >= 4 is 45.6 Å². The number of hydrogen-bond donors (Lipinski definition) is 0. The van der Waals surface area contributed by atoms with E-state index >= 15 is 0 Å². The van der Waals surface area contributed by atoms with Gasteiger partial charge in [0, 0.05) is 14.8 Å². The average Bonchev–Trinajstić information content (AvgIpc) is 3.01. The summed E-state index contributed by atoms with van der Waals surface area (Å²) in [5.41, 5.74) is 1.96. The zero-order valence-corrected chi connectivity index (χ0v) is 14.4. The SMILES string of the molecule is Cc1ccc(C(C)n2c(C(C)Cl)nc3cc(Cl)ccc32)s1. The van der Waals surface area contributed by atoms with Crippen molar-refractivity contribution in [2.45, 2.75) is 32.2 Å². The van der Waals surface area contributed by atoms with Crippen molar-refractivity contribution in [3.63, 3.8) is 0 Å². The monoisotopic (exact) mass is 338 g/mol. The number of imidazole rings is 1. The summed E-state index contributed by atoms with van der Waals surface area (Å²) < 4.78 is 2.22. The molecular formula is C16H16Cl2N2S. The molecule has 0 radical (unpaired) electrons. The first-order valence-corrected chi connectivity index (χ1v) is 8.48. The number of thiophene rings is 1. The lowest BCUT2D eigenvalue weighted by Gasteiger charge is -2.17. The molecule has 0 saturated carbocycles. The van der Waals surface area contributed by atoms with Crippen molar-refractivity contribution in [2.75, 3.05) is 0 Å². The fourth-order valence-electron chi connectivity index (χ4n) is 2.58. The van der Waals surface area contributed by atoms with E-state index in [1.165, 1.54) is 9.75 Å². The highest BCUT2D eigenvalue weighted by atomic mass is 35.5. The number of nitrogens with zero attached hydrogens (tertiary/aromatic N) is 2. The van der Waals surface area contributed by atoms with Crippen LogP contribution in [-0.2, 0) is 0 Å². The maximum Gasteiger partial charge on any atom is 0.128 e. The Morgan fingerprint density at radius 3 is 2.57 bits per heavy atom. The summed E-state index contributed by atoms with van der Waals surface area (Å²) in [6.07, 6.45) is 0. The molecule has 0 amide bonds. The quantitative estimate of drug-likeness (QED) is 0.538. The largest absolute Gasteiger partial charge is 0.319 e. The Balaban J connectivity index is 2.21. The van der Waals surface area contributed by atoms with Crippen LogP contribution in [-0.4, -0.2) is 9.55 Å². The lowest BCUT2D eigenvalue weighted by atomic mass is 10.2. The third-order valence-corrected chi connectivity index (χ3v) is 5.20. The molecule has 1 aromatic carbocycles. The number of aromatic nitrogens is 2. The van der Waals surface area contributed by atoms with Crippen molar-refractivity contribution in [3.8, 4) is 0 Å². The smallest absolute Gasteiger partial charge is 0.128 e. The number of alkyl halides is 1. The number of aryl methyl sites for hydroxylation is 1. The second-order valence-electron chi connectivity index (χ2n) is 5.21. The number of rotatable bonds is 3. The standard InChI is InChI=1S/C16H16Cl2N2S/c1-9-4-7-15(21-9)11(3)20-14-6-5-12(18)8-13(14)19-16(20)10(2)17/h4-8,10-11H,1-3H3.